The highest BCUT2D eigenvalue weighted by molar-refractivity contribution is 7.90. The molecule has 1 aromatic rings. The summed E-state index contributed by atoms with van der Waals surface area (Å²) in [5.41, 5.74) is -5.12. The van der Waals surface area contributed by atoms with Gasteiger partial charge in [-0.2, -0.15) is 17.5 Å². The first-order valence-corrected chi connectivity index (χ1v) is 10.5. The van der Waals surface area contributed by atoms with Gasteiger partial charge in [0.25, 0.3) is 0 Å². The molecule has 0 aliphatic carbocycles. The van der Waals surface area contributed by atoms with Crippen molar-refractivity contribution in [2.24, 2.45) is 4.99 Å². The molecule has 0 saturated carbocycles. The Hall–Kier alpha value is -1.95. The monoisotopic (exact) mass is 442 g/mol. The summed E-state index contributed by atoms with van der Waals surface area (Å²) < 4.78 is 88.1. The fourth-order valence-electron chi connectivity index (χ4n) is 2.92. The van der Waals surface area contributed by atoms with Crippen LogP contribution in [0.3, 0.4) is 0 Å². The van der Waals surface area contributed by atoms with Gasteiger partial charge >= 0.3 is 15.5 Å². The molecule has 1 aliphatic heterocycles. The van der Waals surface area contributed by atoms with Crippen molar-refractivity contribution < 1.29 is 30.4 Å². The zero-order valence-corrected chi connectivity index (χ0v) is 16.6. The molecular weight excluding hydrogens is 419 g/mol. The first-order chi connectivity index (χ1) is 13.5. The summed E-state index contributed by atoms with van der Waals surface area (Å²) in [6, 6.07) is 2.90. The summed E-state index contributed by atoms with van der Waals surface area (Å²) in [5, 5.41) is 6.02. The lowest BCUT2D eigenvalue weighted by molar-refractivity contribution is -0.0494. The van der Waals surface area contributed by atoms with Crippen LogP contribution in [0.2, 0.25) is 0 Å². The third-order valence-electron chi connectivity index (χ3n) is 4.43. The summed E-state index contributed by atoms with van der Waals surface area (Å²) in [6.45, 7) is 1.99. The number of nitrogens with zero attached hydrogens (tertiary/aromatic N) is 2. The molecule has 6 nitrogen and oxygen atoms in total. The molecule has 1 fully saturated rings. The van der Waals surface area contributed by atoms with Crippen molar-refractivity contribution in [3.05, 3.63) is 35.4 Å². The van der Waals surface area contributed by atoms with Crippen molar-refractivity contribution in [1.29, 1.82) is 0 Å². The van der Waals surface area contributed by atoms with E-state index in [0.29, 0.717) is 16.8 Å². The molecule has 0 bridgehead atoms. The Balaban J connectivity index is 1.92. The van der Waals surface area contributed by atoms with E-state index in [2.05, 4.69) is 15.6 Å². The molecule has 164 valence electrons. The van der Waals surface area contributed by atoms with Gasteiger partial charge in [0, 0.05) is 32.2 Å². The van der Waals surface area contributed by atoms with Crippen molar-refractivity contribution in [2.75, 3.05) is 26.2 Å². The molecule has 0 spiro atoms. The summed E-state index contributed by atoms with van der Waals surface area (Å²) in [4.78, 5) is 4.27. The summed E-state index contributed by atoms with van der Waals surface area (Å²) in [7, 11) is -5.32. The van der Waals surface area contributed by atoms with Crippen molar-refractivity contribution in [3.8, 4) is 0 Å². The molecule has 1 aromatic carbocycles. The lowest BCUT2D eigenvalue weighted by atomic mass is 10.1. The predicted octanol–water partition coefficient (Wildman–Crippen LogP) is 2.38. The lowest BCUT2D eigenvalue weighted by Crippen LogP contribution is -2.51. The van der Waals surface area contributed by atoms with Crippen LogP contribution < -0.4 is 10.6 Å². The minimum absolute atomic E-state index is 0.164. The van der Waals surface area contributed by atoms with Crippen LogP contribution in [0.4, 0.5) is 22.0 Å². The van der Waals surface area contributed by atoms with E-state index in [1.54, 1.807) is 0 Å². The molecule has 0 atom stereocenters. The molecule has 2 N–H and O–H groups in total. The maximum Gasteiger partial charge on any atom is 0.511 e. The van der Waals surface area contributed by atoms with E-state index in [-0.39, 0.29) is 50.5 Å². The van der Waals surface area contributed by atoms with E-state index >= 15 is 0 Å². The van der Waals surface area contributed by atoms with E-state index < -0.39 is 27.2 Å². The van der Waals surface area contributed by atoms with Crippen LogP contribution in [-0.2, 0) is 16.4 Å². The van der Waals surface area contributed by atoms with Gasteiger partial charge in [-0.25, -0.2) is 17.2 Å². The van der Waals surface area contributed by atoms with Gasteiger partial charge in [-0.15, -0.1) is 0 Å². The number of aliphatic imine (C=N–C) groups is 1. The van der Waals surface area contributed by atoms with Crippen LogP contribution in [0.5, 0.6) is 0 Å². The second-order valence-corrected chi connectivity index (χ2v) is 8.44. The Morgan fingerprint density at radius 1 is 1.24 bits per heavy atom. The fraction of sp³-hybridized carbons (Fsp3) is 0.588. The highest BCUT2D eigenvalue weighted by Gasteiger charge is 2.50. The topological polar surface area (TPSA) is 73.8 Å². The smallest absolute Gasteiger partial charge is 0.357 e. The number of guanidine groups is 1. The highest BCUT2D eigenvalue weighted by Crippen LogP contribution is 2.28. The van der Waals surface area contributed by atoms with Crippen molar-refractivity contribution in [3.63, 3.8) is 0 Å². The van der Waals surface area contributed by atoms with Gasteiger partial charge in [0.15, 0.2) is 5.96 Å². The average Bonchev–Trinajstić information content (AvgIpc) is 2.64. The molecule has 0 radical (unpaired) electrons. The molecule has 12 heteroatoms. The maximum absolute atomic E-state index is 13.7. The zero-order valence-electron chi connectivity index (χ0n) is 15.8. The minimum atomic E-state index is -5.32. The number of rotatable bonds is 6. The van der Waals surface area contributed by atoms with Gasteiger partial charge in [-0.3, -0.25) is 4.99 Å². The second kappa shape index (κ2) is 9.70. The van der Waals surface area contributed by atoms with Crippen LogP contribution in [0, 0.1) is 11.6 Å². The average molecular weight is 442 g/mol. The normalized spacial score (nSPS) is 17.4. The Kier molecular flexibility index (Phi) is 7.80. The number of benzene rings is 1. The second-order valence-electron chi connectivity index (χ2n) is 6.51. The molecule has 0 unspecified atom stereocenters. The molecule has 29 heavy (non-hydrogen) atoms. The Bertz CT molecular complexity index is 822. The van der Waals surface area contributed by atoms with E-state index in [1.807, 2.05) is 6.92 Å². The van der Waals surface area contributed by atoms with Crippen LogP contribution >= 0.6 is 0 Å². The lowest BCUT2D eigenvalue weighted by Gasteiger charge is -2.32. The van der Waals surface area contributed by atoms with Gasteiger partial charge < -0.3 is 10.6 Å². The highest BCUT2D eigenvalue weighted by atomic mass is 32.2. The molecule has 0 aromatic heterocycles. The van der Waals surface area contributed by atoms with Crippen molar-refractivity contribution in [1.82, 2.24) is 14.9 Å². The van der Waals surface area contributed by atoms with E-state index in [1.165, 1.54) is 0 Å². The van der Waals surface area contributed by atoms with Crippen LogP contribution in [0.25, 0.3) is 0 Å². The van der Waals surface area contributed by atoms with Crippen molar-refractivity contribution in [2.45, 2.75) is 37.7 Å². The number of hydrogen-bond donors (Lipinski definition) is 2. The molecular formula is C17H23F5N4O2S. The third kappa shape index (κ3) is 6.26. The zero-order chi connectivity index (χ0) is 21.7. The summed E-state index contributed by atoms with van der Waals surface area (Å²) in [5.74, 6) is -0.699. The standard InChI is InChI=1S/C17H23F5N4O2S/c1-2-23-16(24-8-5-12-11-13(18)3-4-15(12)19)25-14-6-9-26(10-7-14)29(27,28)17(20,21)22/h3-4,11,14H,2,5-10H2,1H3,(H2,23,24,25). The number of sulfonamides is 1. The number of alkyl halides is 3. The number of halogens is 5. The molecule has 2 rings (SSSR count). The van der Waals surface area contributed by atoms with Gasteiger partial charge in [-0.1, -0.05) is 0 Å². The van der Waals surface area contributed by atoms with E-state index in [0.717, 1.165) is 18.2 Å². The number of hydrogen-bond acceptors (Lipinski definition) is 3. The predicted molar refractivity (Wildman–Crippen MR) is 98.7 cm³/mol. The molecule has 0 amide bonds. The van der Waals surface area contributed by atoms with Crippen molar-refractivity contribution >= 4 is 16.0 Å². The van der Waals surface area contributed by atoms with Crippen LogP contribution in [-0.4, -0.2) is 56.4 Å². The van der Waals surface area contributed by atoms with Gasteiger partial charge in [0.05, 0.1) is 0 Å². The van der Waals surface area contributed by atoms with E-state index in [4.69, 9.17) is 0 Å². The number of piperidine rings is 1. The van der Waals surface area contributed by atoms with E-state index in [9.17, 15) is 30.4 Å². The number of nitrogens with one attached hydrogen (secondary N) is 2. The quantitative estimate of drug-likeness (QED) is 0.403. The SMILES string of the molecule is CCNC(=NCCc1cc(F)ccc1F)NC1CCN(S(=O)(=O)C(F)(F)F)CC1. The Labute approximate surface area is 166 Å². The first-order valence-electron chi connectivity index (χ1n) is 9.09. The van der Waals surface area contributed by atoms with Crippen LogP contribution in [0.15, 0.2) is 23.2 Å². The fourth-order valence-corrected chi connectivity index (χ4v) is 3.91. The van der Waals surface area contributed by atoms with Gasteiger partial charge in [0.2, 0.25) is 0 Å². The molecule has 1 aliphatic rings. The van der Waals surface area contributed by atoms with Crippen LogP contribution in [0.1, 0.15) is 25.3 Å². The molecule has 1 heterocycles. The molecule has 1 saturated heterocycles. The Morgan fingerprint density at radius 3 is 2.48 bits per heavy atom. The summed E-state index contributed by atoms with van der Waals surface area (Å²) >= 11 is 0. The Morgan fingerprint density at radius 2 is 1.90 bits per heavy atom. The minimum Gasteiger partial charge on any atom is -0.357 e. The van der Waals surface area contributed by atoms with Gasteiger partial charge in [-0.05, 0) is 49.9 Å². The van der Waals surface area contributed by atoms with Gasteiger partial charge in [0.1, 0.15) is 11.6 Å². The largest absolute Gasteiger partial charge is 0.511 e. The third-order valence-corrected chi connectivity index (χ3v) is 6.06. The first kappa shape index (κ1) is 23.3. The maximum atomic E-state index is 13.7. The summed E-state index contributed by atoms with van der Waals surface area (Å²) in [6.07, 6.45) is 0.527.